The van der Waals surface area contributed by atoms with Gasteiger partial charge in [-0.3, -0.25) is 0 Å². The van der Waals surface area contributed by atoms with Gasteiger partial charge in [-0.1, -0.05) is 6.42 Å². The summed E-state index contributed by atoms with van der Waals surface area (Å²) in [6.07, 6.45) is 4.26. The van der Waals surface area contributed by atoms with E-state index in [-0.39, 0.29) is 5.60 Å². The standard InChI is InChI=1S/C10H21NO/c1-10(2,12-3)8-11-7-9-5-4-6-9/h9,11H,4-8H2,1-3H3. The molecule has 0 unspecified atom stereocenters. The molecule has 1 aliphatic rings. The Balaban J connectivity index is 2.00. The van der Waals surface area contributed by atoms with Gasteiger partial charge in [-0.25, -0.2) is 0 Å². The first-order chi connectivity index (χ1) is 5.64. The molecule has 1 aliphatic carbocycles. The van der Waals surface area contributed by atoms with Gasteiger partial charge < -0.3 is 10.1 Å². The molecule has 0 atom stereocenters. The van der Waals surface area contributed by atoms with Crippen LogP contribution < -0.4 is 5.32 Å². The summed E-state index contributed by atoms with van der Waals surface area (Å²) in [5.74, 6) is 0.942. The zero-order valence-electron chi connectivity index (χ0n) is 8.52. The number of methoxy groups -OCH3 is 1. The van der Waals surface area contributed by atoms with Crippen LogP contribution in [0.1, 0.15) is 33.1 Å². The van der Waals surface area contributed by atoms with Crippen molar-refractivity contribution in [2.24, 2.45) is 5.92 Å². The van der Waals surface area contributed by atoms with Crippen LogP contribution >= 0.6 is 0 Å². The molecular weight excluding hydrogens is 150 g/mol. The topological polar surface area (TPSA) is 21.3 Å². The summed E-state index contributed by atoms with van der Waals surface area (Å²) in [6, 6.07) is 0. The van der Waals surface area contributed by atoms with E-state index in [2.05, 4.69) is 19.2 Å². The molecule has 1 rings (SSSR count). The highest BCUT2D eigenvalue weighted by Gasteiger charge is 2.19. The van der Waals surface area contributed by atoms with Crippen molar-refractivity contribution >= 4 is 0 Å². The number of ether oxygens (including phenoxy) is 1. The maximum absolute atomic E-state index is 5.31. The first kappa shape index (κ1) is 10.0. The fraction of sp³-hybridized carbons (Fsp3) is 1.00. The van der Waals surface area contributed by atoms with E-state index in [4.69, 9.17) is 4.74 Å². The molecule has 0 saturated heterocycles. The van der Waals surface area contributed by atoms with Crippen LogP contribution in [-0.2, 0) is 4.74 Å². The average Bonchev–Trinajstić information content (AvgIpc) is 1.95. The predicted molar refractivity (Wildman–Crippen MR) is 51.3 cm³/mol. The Morgan fingerprint density at radius 3 is 2.50 bits per heavy atom. The van der Waals surface area contributed by atoms with Crippen molar-refractivity contribution in [1.29, 1.82) is 0 Å². The summed E-state index contributed by atoms with van der Waals surface area (Å²) in [4.78, 5) is 0. The second-order valence-corrected chi connectivity index (χ2v) is 4.39. The minimum absolute atomic E-state index is 0.0102. The molecule has 2 nitrogen and oxygen atoms in total. The molecule has 0 aromatic carbocycles. The zero-order chi connectivity index (χ0) is 9.03. The molecular formula is C10H21NO. The zero-order valence-corrected chi connectivity index (χ0v) is 8.52. The van der Waals surface area contributed by atoms with Crippen LogP contribution in [0.15, 0.2) is 0 Å². The third-order valence-electron chi connectivity index (χ3n) is 2.76. The Morgan fingerprint density at radius 2 is 2.08 bits per heavy atom. The van der Waals surface area contributed by atoms with E-state index in [1.807, 2.05) is 0 Å². The van der Waals surface area contributed by atoms with Gasteiger partial charge in [-0.2, -0.15) is 0 Å². The van der Waals surface area contributed by atoms with Crippen LogP contribution in [0.3, 0.4) is 0 Å². The molecule has 0 spiro atoms. The van der Waals surface area contributed by atoms with Crippen LogP contribution in [0, 0.1) is 5.92 Å². The van der Waals surface area contributed by atoms with Gasteiger partial charge in [-0.15, -0.1) is 0 Å². The average molecular weight is 171 g/mol. The highest BCUT2D eigenvalue weighted by molar-refractivity contribution is 4.75. The molecule has 1 fully saturated rings. The van der Waals surface area contributed by atoms with Gasteiger partial charge >= 0.3 is 0 Å². The number of rotatable bonds is 5. The van der Waals surface area contributed by atoms with E-state index >= 15 is 0 Å². The van der Waals surface area contributed by atoms with Crippen LogP contribution in [0.5, 0.6) is 0 Å². The Hall–Kier alpha value is -0.0800. The SMILES string of the molecule is COC(C)(C)CNCC1CCC1. The number of nitrogens with one attached hydrogen (secondary N) is 1. The van der Waals surface area contributed by atoms with Gasteiger partial charge in [0.1, 0.15) is 0 Å². The van der Waals surface area contributed by atoms with Gasteiger partial charge in [0.25, 0.3) is 0 Å². The largest absolute Gasteiger partial charge is 0.377 e. The van der Waals surface area contributed by atoms with E-state index in [9.17, 15) is 0 Å². The van der Waals surface area contributed by atoms with Crippen molar-refractivity contribution in [2.45, 2.75) is 38.7 Å². The summed E-state index contributed by atoms with van der Waals surface area (Å²) >= 11 is 0. The van der Waals surface area contributed by atoms with E-state index in [1.54, 1.807) is 7.11 Å². The molecule has 0 bridgehead atoms. The maximum atomic E-state index is 5.31. The van der Waals surface area contributed by atoms with E-state index in [0.717, 1.165) is 12.5 Å². The van der Waals surface area contributed by atoms with Crippen molar-refractivity contribution < 1.29 is 4.74 Å². The Kier molecular flexibility index (Phi) is 3.53. The van der Waals surface area contributed by atoms with Gasteiger partial charge in [0.2, 0.25) is 0 Å². The molecule has 72 valence electrons. The van der Waals surface area contributed by atoms with Gasteiger partial charge in [0.15, 0.2) is 0 Å². The molecule has 0 radical (unpaired) electrons. The van der Waals surface area contributed by atoms with Crippen LogP contribution in [0.4, 0.5) is 0 Å². The fourth-order valence-corrected chi connectivity index (χ4v) is 1.35. The summed E-state index contributed by atoms with van der Waals surface area (Å²) in [7, 11) is 1.77. The normalized spacial score (nSPS) is 19.2. The quantitative estimate of drug-likeness (QED) is 0.681. The van der Waals surface area contributed by atoms with E-state index in [1.165, 1.54) is 25.8 Å². The molecule has 0 aromatic rings. The molecule has 1 saturated carbocycles. The molecule has 0 heterocycles. The predicted octanol–water partition coefficient (Wildman–Crippen LogP) is 1.80. The van der Waals surface area contributed by atoms with Gasteiger partial charge in [0, 0.05) is 13.7 Å². The van der Waals surface area contributed by atoms with Crippen molar-refractivity contribution in [3.63, 3.8) is 0 Å². The summed E-state index contributed by atoms with van der Waals surface area (Å²) in [6.45, 7) is 6.36. The summed E-state index contributed by atoms with van der Waals surface area (Å²) in [5, 5.41) is 3.45. The molecule has 0 aromatic heterocycles. The van der Waals surface area contributed by atoms with E-state index in [0.29, 0.717) is 0 Å². The minimum Gasteiger partial charge on any atom is -0.377 e. The second kappa shape index (κ2) is 4.24. The highest BCUT2D eigenvalue weighted by Crippen LogP contribution is 2.25. The van der Waals surface area contributed by atoms with Crippen LogP contribution in [-0.4, -0.2) is 25.8 Å². The lowest BCUT2D eigenvalue weighted by atomic mass is 9.85. The summed E-state index contributed by atoms with van der Waals surface area (Å²) < 4.78 is 5.31. The third-order valence-corrected chi connectivity index (χ3v) is 2.76. The first-order valence-electron chi connectivity index (χ1n) is 4.90. The minimum atomic E-state index is -0.0102. The fourth-order valence-electron chi connectivity index (χ4n) is 1.35. The lowest BCUT2D eigenvalue weighted by Gasteiger charge is -2.28. The van der Waals surface area contributed by atoms with Crippen molar-refractivity contribution in [2.75, 3.05) is 20.2 Å². The monoisotopic (exact) mass is 171 g/mol. The van der Waals surface area contributed by atoms with Crippen molar-refractivity contribution in [3.05, 3.63) is 0 Å². The number of hydrogen-bond acceptors (Lipinski definition) is 2. The second-order valence-electron chi connectivity index (χ2n) is 4.39. The maximum Gasteiger partial charge on any atom is 0.0746 e. The Labute approximate surface area is 75.7 Å². The first-order valence-corrected chi connectivity index (χ1v) is 4.90. The van der Waals surface area contributed by atoms with Crippen molar-refractivity contribution in [1.82, 2.24) is 5.32 Å². The Bertz CT molecular complexity index is 130. The lowest BCUT2D eigenvalue weighted by Crippen LogP contribution is -2.39. The van der Waals surface area contributed by atoms with Crippen molar-refractivity contribution in [3.8, 4) is 0 Å². The highest BCUT2D eigenvalue weighted by atomic mass is 16.5. The van der Waals surface area contributed by atoms with Gasteiger partial charge in [0.05, 0.1) is 5.60 Å². The van der Waals surface area contributed by atoms with Crippen LogP contribution in [0.25, 0.3) is 0 Å². The third kappa shape index (κ3) is 3.11. The number of hydrogen-bond donors (Lipinski definition) is 1. The lowest BCUT2D eigenvalue weighted by molar-refractivity contribution is 0.0219. The Morgan fingerprint density at radius 1 is 1.42 bits per heavy atom. The smallest absolute Gasteiger partial charge is 0.0746 e. The molecule has 2 heteroatoms. The molecule has 0 amide bonds. The van der Waals surface area contributed by atoms with E-state index < -0.39 is 0 Å². The molecule has 1 N–H and O–H groups in total. The van der Waals surface area contributed by atoms with Gasteiger partial charge in [-0.05, 0) is 39.2 Å². The molecule has 0 aliphatic heterocycles. The molecule has 12 heavy (non-hydrogen) atoms. The summed E-state index contributed by atoms with van der Waals surface area (Å²) in [5.41, 5.74) is -0.0102. The van der Waals surface area contributed by atoms with Crippen LogP contribution in [0.2, 0.25) is 0 Å².